The van der Waals surface area contributed by atoms with Gasteiger partial charge in [-0.2, -0.15) is 0 Å². The number of hydrogen-bond donors (Lipinski definition) is 2. The second-order valence-corrected chi connectivity index (χ2v) is 4.78. The van der Waals surface area contributed by atoms with Crippen molar-refractivity contribution in [1.29, 1.82) is 0 Å². The topological polar surface area (TPSA) is 55.1 Å². The zero-order valence-corrected chi connectivity index (χ0v) is 8.67. The molecule has 0 unspecified atom stereocenters. The Balaban J connectivity index is 2.17. The number of benzene rings is 1. The van der Waals surface area contributed by atoms with Crippen LogP contribution in [0.15, 0.2) is 24.3 Å². The Morgan fingerprint density at radius 2 is 2.00 bits per heavy atom. The van der Waals surface area contributed by atoms with Gasteiger partial charge in [0.2, 0.25) is 5.91 Å². The van der Waals surface area contributed by atoms with Crippen LogP contribution in [0.4, 0.5) is 5.69 Å². The SMILES string of the molecule is C[C@H]1S[C@@H](c2ccc(N)cc2)NC1=O. The summed E-state index contributed by atoms with van der Waals surface area (Å²) >= 11 is 1.63. The number of amides is 1. The Morgan fingerprint density at radius 3 is 2.50 bits per heavy atom. The highest BCUT2D eigenvalue weighted by Crippen LogP contribution is 2.35. The summed E-state index contributed by atoms with van der Waals surface area (Å²) in [6.07, 6.45) is 0. The number of rotatable bonds is 1. The van der Waals surface area contributed by atoms with Crippen LogP contribution in [0.25, 0.3) is 0 Å². The van der Waals surface area contributed by atoms with Gasteiger partial charge in [0.1, 0.15) is 5.37 Å². The molecule has 3 nitrogen and oxygen atoms in total. The maximum absolute atomic E-state index is 11.3. The van der Waals surface area contributed by atoms with Gasteiger partial charge >= 0.3 is 0 Å². The minimum absolute atomic E-state index is 0.0394. The van der Waals surface area contributed by atoms with Crippen LogP contribution in [-0.4, -0.2) is 11.2 Å². The molecule has 2 rings (SSSR count). The van der Waals surface area contributed by atoms with Crippen molar-refractivity contribution in [3.8, 4) is 0 Å². The minimum atomic E-state index is 0.0394. The van der Waals surface area contributed by atoms with Crippen LogP contribution in [0.5, 0.6) is 0 Å². The van der Waals surface area contributed by atoms with Crippen molar-refractivity contribution in [2.45, 2.75) is 17.5 Å². The second kappa shape index (κ2) is 3.53. The summed E-state index contributed by atoms with van der Waals surface area (Å²) in [7, 11) is 0. The molecule has 1 aliphatic heterocycles. The van der Waals surface area contributed by atoms with Gasteiger partial charge in [-0.05, 0) is 24.6 Å². The first-order chi connectivity index (χ1) is 6.66. The molecule has 1 heterocycles. The highest BCUT2D eigenvalue weighted by Gasteiger charge is 2.29. The summed E-state index contributed by atoms with van der Waals surface area (Å²) in [5, 5.41) is 3.04. The van der Waals surface area contributed by atoms with E-state index in [2.05, 4.69) is 5.32 Å². The van der Waals surface area contributed by atoms with Crippen molar-refractivity contribution in [1.82, 2.24) is 5.32 Å². The first-order valence-electron chi connectivity index (χ1n) is 4.48. The quantitative estimate of drug-likeness (QED) is 0.688. The Labute approximate surface area is 87.1 Å². The van der Waals surface area contributed by atoms with Gasteiger partial charge in [0.25, 0.3) is 0 Å². The highest BCUT2D eigenvalue weighted by molar-refractivity contribution is 8.01. The summed E-state index contributed by atoms with van der Waals surface area (Å²) < 4.78 is 0. The molecule has 1 aromatic carbocycles. The van der Waals surface area contributed by atoms with E-state index in [0.717, 1.165) is 11.3 Å². The van der Waals surface area contributed by atoms with E-state index in [0.29, 0.717) is 0 Å². The van der Waals surface area contributed by atoms with Gasteiger partial charge in [0.15, 0.2) is 0 Å². The molecule has 1 fully saturated rings. The third kappa shape index (κ3) is 1.70. The van der Waals surface area contributed by atoms with Gasteiger partial charge in [0.05, 0.1) is 5.25 Å². The first kappa shape index (κ1) is 9.40. The molecule has 1 saturated heterocycles. The molecule has 3 N–H and O–H groups in total. The maximum atomic E-state index is 11.3. The van der Waals surface area contributed by atoms with Gasteiger partial charge in [-0.25, -0.2) is 0 Å². The third-order valence-electron chi connectivity index (χ3n) is 2.22. The van der Waals surface area contributed by atoms with E-state index < -0.39 is 0 Å². The van der Waals surface area contributed by atoms with E-state index in [1.54, 1.807) is 11.8 Å². The van der Waals surface area contributed by atoms with Crippen LogP contribution in [0.1, 0.15) is 17.9 Å². The molecular weight excluding hydrogens is 196 g/mol. The van der Waals surface area contributed by atoms with Crippen molar-refractivity contribution in [2.24, 2.45) is 0 Å². The number of anilines is 1. The fraction of sp³-hybridized carbons (Fsp3) is 0.300. The number of nitrogens with two attached hydrogens (primary N) is 1. The minimum Gasteiger partial charge on any atom is -0.399 e. The molecule has 0 aliphatic carbocycles. The van der Waals surface area contributed by atoms with Crippen LogP contribution in [-0.2, 0) is 4.79 Å². The second-order valence-electron chi connectivity index (χ2n) is 3.33. The predicted octanol–water partition coefficient (Wildman–Crippen LogP) is 1.52. The standard InChI is InChI=1S/C10H12N2OS/c1-6-9(13)12-10(14-6)7-2-4-8(11)5-3-7/h2-6,10H,11H2,1H3,(H,12,13)/t6-,10+/m1/s1. The average Bonchev–Trinajstić information content (AvgIpc) is 2.48. The van der Waals surface area contributed by atoms with E-state index >= 15 is 0 Å². The fourth-order valence-corrected chi connectivity index (χ4v) is 2.48. The zero-order chi connectivity index (χ0) is 10.1. The molecule has 0 aromatic heterocycles. The van der Waals surface area contributed by atoms with Gasteiger partial charge < -0.3 is 11.1 Å². The summed E-state index contributed by atoms with van der Waals surface area (Å²) in [4.78, 5) is 11.3. The molecule has 2 atom stereocenters. The molecule has 1 aliphatic rings. The van der Waals surface area contributed by atoms with Gasteiger partial charge in [-0.15, -0.1) is 11.8 Å². The molecule has 4 heteroatoms. The molecular formula is C10H12N2OS. The first-order valence-corrected chi connectivity index (χ1v) is 5.42. The smallest absolute Gasteiger partial charge is 0.234 e. The summed E-state index contributed by atoms with van der Waals surface area (Å²) in [6, 6.07) is 7.60. The van der Waals surface area contributed by atoms with Crippen LogP contribution < -0.4 is 11.1 Å². The van der Waals surface area contributed by atoms with E-state index in [1.165, 1.54) is 0 Å². The van der Waals surface area contributed by atoms with Crippen molar-refractivity contribution in [2.75, 3.05) is 5.73 Å². The summed E-state index contributed by atoms with van der Waals surface area (Å²) in [5.41, 5.74) is 7.43. The van der Waals surface area contributed by atoms with Gasteiger partial charge in [-0.3, -0.25) is 4.79 Å². The Hall–Kier alpha value is -1.16. The largest absolute Gasteiger partial charge is 0.399 e. The number of nitrogens with one attached hydrogen (secondary N) is 1. The van der Waals surface area contributed by atoms with Crippen LogP contribution in [0, 0.1) is 0 Å². The molecule has 14 heavy (non-hydrogen) atoms. The number of hydrogen-bond acceptors (Lipinski definition) is 3. The molecule has 74 valence electrons. The highest BCUT2D eigenvalue weighted by atomic mass is 32.2. The lowest BCUT2D eigenvalue weighted by atomic mass is 10.2. The Bertz CT molecular complexity index is 350. The molecule has 0 spiro atoms. The van der Waals surface area contributed by atoms with Gasteiger partial charge in [0, 0.05) is 5.69 Å². The molecule has 0 bridgehead atoms. The third-order valence-corrected chi connectivity index (χ3v) is 3.51. The van der Waals surface area contributed by atoms with E-state index in [-0.39, 0.29) is 16.5 Å². The van der Waals surface area contributed by atoms with Crippen LogP contribution >= 0.6 is 11.8 Å². The van der Waals surface area contributed by atoms with E-state index in [1.807, 2.05) is 31.2 Å². The predicted molar refractivity (Wildman–Crippen MR) is 58.8 cm³/mol. The monoisotopic (exact) mass is 208 g/mol. The number of nitrogen functional groups attached to an aromatic ring is 1. The number of carbonyl (C=O) groups is 1. The molecule has 1 aromatic rings. The Kier molecular flexibility index (Phi) is 2.37. The molecule has 0 radical (unpaired) electrons. The lowest BCUT2D eigenvalue weighted by molar-refractivity contribution is -0.119. The van der Waals surface area contributed by atoms with Crippen LogP contribution in [0.3, 0.4) is 0 Å². The molecule has 0 saturated carbocycles. The zero-order valence-electron chi connectivity index (χ0n) is 7.86. The van der Waals surface area contributed by atoms with Gasteiger partial charge in [-0.1, -0.05) is 12.1 Å². The van der Waals surface area contributed by atoms with Crippen molar-refractivity contribution in [3.05, 3.63) is 29.8 Å². The lowest BCUT2D eigenvalue weighted by Crippen LogP contribution is -2.22. The van der Waals surface area contributed by atoms with E-state index in [4.69, 9.17) is 5.73 Å². The Morgan fingerprint density at radius 1 is 1.36 bits per heavy atom. The summed E-state index contributed by atoms with van der Waals surface area (Å²) in [6.45, 7) is 1.91. The van der Waals surface area contributed by atoms with Crippen LogP contribution in [0.2, 0.25) is 0 Å². The number of carbonyl (C=O) groups excluding carboxylic acids is 1. The molecule has 1 amide bonds. The average molecular weight is 208 g/mol. The van der Waals surface area contributed by atoms with E-state index in [9.17, 15) is 4.79 Å². The van der Waals surface area contributed by atoms with Crippen molar-refractivity contribution >= 4 is 23.4 Å². The maximum Gasteiger partial charge on any atom is 0.234 e. The lowest BCUT2D eigenvalue weighted by Gasteiger charge is -2.09. The van der Waals surface area contributed by atoms with Crippen molar-refractivity contribution < 1.29 is 4.79 Å². The fourth-order valence-electron chi connectivity index (χ4n) is 1.38. The number of thioether (sulfide) groups is 1. The van der Waals surface area contributed by atoms with Crippen molar-refractivity contribution in [3.63, 3.8) is 0 Å². The normalized spacial score (nSPS) is 26.2. The summed E-state index contributed by atoms with van der Waals surface area (Å²) in [5.74, 6) is 0.108.